The minimum atomic E-state index is -3.96. The molecule has 8 heteroatoms. The summed E-state index contributed by atoms with van der Waals surface area (Å²) in [5, 5.41) is 0. The van der Waals surface area contributed by atoms with E-state index in [0.717, 1.165) is 0 Å². The van der Waals surface area contributed by atoms with Crippen LogP contribution in [0.25, 0.3) is 0 Å². The summed E-state index contributed by atoms with van der Waals surface area (Å²) >= 11 is 0. The van der Waals surface area contributed by atoms with Crippen LogP contribution in [0, 0.1) is 13.8 Å². The van der Waals surface area contributed by atoms with Crippen molar-refractivity contribution in [1.29, 1.82) is 0 Å². The Morgan fingerprint density at radius 1 is 0.914 bits per heavy atom. The molecule has 3 aromatic carbocycles. The maximum atomic E-state index is 13.6. The van der Waals surface area contributed by atoms with Crippen molar-refractivity contribution < 1.29 is 17.9 Å². The molecule has 0 saturated carbocycles. The van der Waals surface area contributed by atoms with Gasteiger partial charge in [-0.2, -0.15) is 0 Å². The minimum Gasteiger partial charge on any atom is -0.497 e. The molecule has 3 aromatic rings. The first-order valence-corrected chi connectivity index (χ1v) is 13.1. The summed E-state index contributed by atoms with van der Waals surface area (Å²) < 4.78 is 33.6. The van der Waals surface area contributed by atoms with Crippen molar-refractivity contribution >= 4 is 27.3 Å². The third kappa shape index (κ3) is 5.27. The Bertz CT molecular complexity index is 1290. The summed E-state index contributed by atoms with van der Waals surface area (Å²) in [6.45, 7) is 6.38. The molecular formula is C27H31N3O4S. The molecule has 1 aliphatic rings. The largest absolute Gasteiger partial charge is 0.497 e. The fourth-order valence-corrected chi connectivity index (χ4v) is 5.73. The highest BCUT2D eigenvalue weighted by molar-refractivity contribution is 7.92. The average molecular weight is 494 g/mol. The van der Waals surface area contributed by atoms with E-state index in [0.29, 0.717) is 37.6 Å². The van der Waals surface area contributed by atoms with E-state index in [-0.39, 0.29) is 17.3 Å². The molecule has 4 rings (SSSR count). The third-order valence-electron chi connectivity index (χ3n) is 6.50. The van der Waals surface area contributed by atoms with Crippen LogP contribution in [0.4, 0.5) is 11.4 Å². The van der Waals surface area contributed by atoms with Gasteiger partial charge in [-0.1, -0.05) is 36.4 Å². The molecule has 35 heavy (non-hydrogen) atoms. The van der Waals surface area contributed by atoms with Gasteiger partial charge < -0.3 is 14.5 Å². The number of anilines is 2. The van der Waals surface area contributed by atoms with Crippen LogP contribution in [0.1, 0.15) is 11.1 Å². The highest BCUT2D eigenvalue weighted by Gasteiger charge is 2.30. The zero-order chi connectivity index (χ0) is 25.0. The quantitative estimate of drug-likeness (QED) is 0.500. The monoisotopic (exact) mass is 493 g/mol. The van der Waals surface area contributed by atoms with Gasteiger partial charge in [0.15, 0.2) is 0 Å². The van der Waals surface area contributed by atoms with Crippen LogP contribution >= 0.6 is 0 Å². The number of aryl methyl sites for hydroxylation is 1. The second-order valence-electron chi connectivity index (χ2n) is 8.61. The van der Waals surface area contributed by atoms with Crippen LogP contribution < -0.4 is 13.9 Å². The predicted octanol–water partition coefficient (Wildman–Crippen LogP) is 3.86. The highest BCUT2D eigenvalue weighted by atomic mass is 32.2. The number of sulfonamides is 1. The summed E-state index contributed by atoms with van der Waals surface area (Å²) in [5.41, 5.74) is 4.05. The summed E-state index contributed by atoms with van der Waals surface area (Å²) in [7, 11) is -2.43. The first-order chi connectivity index (χ1) is 16.8. The number of hydrogen-bond donors (Lipinski definition) is 0. The van der Waals surface area contributed by atoms with Crippen LogP contribution in [0.2, 0.25) is 0 Å². The molecule has 0 spiro atoms. The molecule has 0 N–H and O–H groups in total. The highest BCUT2D eigenvalue weighted by Crippen LogP contribution is 2.28. The SMILES string of the molecule is COc1cccc(N(CC(=O)N2CCN(c3cccc(C)c3C)CC2)S(=O)(=O)c2ccccc2)c1. The van der Waals surface area contributed by atoms with Gasteiger partial charge in [0.2, 0.25) is 5.91 Å². The molecule has 7 nitrogen and oxygen atoms in total. The van der Waals surface area contributed by atoms with Gasteiger partial charge in [-0.25, -0.2) is 8.42 Å². The van der Waals surface area contributed by atoms with E-state index < -0.39 is 10.0 Å². The molecule has 0 radical (unpaired) electrons. The van der Waals surface area contributed by atoms with Crippen LogP contribution in [0.3, 0.4) is 0 Å². The lowest BCUT2D eigenvalue weighted by Crippen LogP contribution is -2.52. The van der Waals surface area contributed by atoms with Crippen LogP contribution in [-0.4, -0.2) is 59.1 Å². The standard InChI is InChI=1S/C27H31N3O4S/c1-21-9-7-14-26(22(21)2)28-15-17-29(18-16-28)27(31)20-30(23-10-8-11-24(19-23)34-3)35(32,33)25-12-5-4-6-13-25/h4-14,19H,15-18,20H2,1-3H3. The number of rotatable bonds is 7. The number of methoxy groups -OCH3 is 1. The van der Waals surface area contributed by atoms with Gasteiger partial charge in [-0.05, 0) is 55.3 Å². The number of amides is 1. The first-order valence-electron chi connectivity index (χ1n) is 11.6. The third-order valence-corrected chi connectivity index (χ3v) is 8.29. The molecule has 1 fully saturated rings. The Morgan fingerprint density at radius 3 is 2.29 bits per heavy atom. The van der Waals surface area contributed by atoms with Gasteiger partial charge in [0.05, 0.1) is 17.7 Å². The number of piperazine rings is 1. The number of benzene rings is 3. The second kappa shape index (κ2) is 10.4. The number of carbonyl (C=O) groups is 1. The molecular weight excluding hydrogens is 462 g/mol. The summed E-state index contributed by atoms with van der Waals surface area (Å²) in [4.78, 5) is 17.5. The summed E-state index contributed by atoms with van der Waals surface area (Å²) in [6, 6.07) is 21.2. The molecule has 0 unspecified atom stereocenters. The molecule has 1 saturated heterocycles. The minimum absolute atomic E-state index is 0.135. The Kier molecular flexibility index (Phi) is 7.31. The summed E-state index contributed by atoms with van der Waals surface area (Å²) in [5.74, 6) is 0.290. The Balaban J connectivity index is 1.54. The van der Waals surface area contributed by atoms with E-state index >= 15 is 0 Å². The normalized spacial score (nSPS) is 14.0. The van der Waals surface area contributed by atoms with Crippen LogP contribution in [0.5, 0.6) is 5.75 Å². The first kappa shape index (κ1) is 24.6. The Morgan fingerprint density at radius 2 is 1.60 bits per heavy atom. The van der Waals surface area contributed by atoms with Gasteiger partial charge in [-0.15, -0.1) is 0 Å². The Labute approximate surface area is 207 Å². The predicted molar refractivity (Wildman–Crippen MR) is 139 cm³/mol. The van der Waals surface area contributed by atoms with E-state index in [2.05, 4.69) is 36.9 Å². The van der Waals surface area contributed by atoms with E-state index in [9.17, 15) is 13.2 Å². The molecule has 1 aliphatic heterocycles. The van der Waals surface area contributed by atoms with E-state index in [4.69, 9.17) is 4.74 Å². The maximum Gasteiger partial charge on any atom is 0.264 e. The lowest BCUT2D eigenvalue weighted by molar-refractivity contribution is -0.129. The summed E-state index contributed by atoms with van der Waals surface area (Å²) in [6.07, 6.45) is 0. The fourth-order valence-electron chi connectivity index (χ4n) is 4.30. The van der Waals surface area contributed by atoms with Gasteiger partial charge in [0, 0.05) is 37.9 Å². The maximum absolute atomic E-state index is 13.6. The van der Waals surface area contributed by atoms with Crippen molar-refractivity contribution in [3.63, 3.8) is 0 Å². The molecule has 1 amide bonds. The molecule has 0 aromatic heterocycles. The topological polar surface area (TPSA) is 70.2 Å². The van der Waals surface area contributed by atoms with Crippen molar-refractivity contribution in [3.8, 4) is 5.75 Å². The van der Waals surface area contributed by atoms with Crippen molar-refractivity contribution in [3.05, 3.63) is 83.9 Å². The van der Waals surface area contributed by atoms with Crippen LogP contribution in [-0.2, 0) is 14.8 Å². The number of hydrogen-bond acceptors (Lipinski definition) is 5. The molecule has 1 heterocycles. The van der Waals surface area contributed by atoms with E-state index in [1.165, 1.54) is 40.4 Å². The van der Waals surface area contributed by atoms with Crippen molar-refractivity contribution in [1.82, 2.24) is 4.90 Å². The zero-order valence-corrected chi connectivity index (χ0v) is 21.2. The van der Waals surface area contributed by atoms with Crippen molar-refractivity contribution in [2.45, 2.75) is 18.7 Å². The molecule has 184 valence electrons. The Hall–Kier alpha value is -3.52. The number of nitrogens with zero attached hydrogens (tertiary/aromatic N) is 3. The van der Waals surface area contributed by atoms with E-state index in [1.54, 1.807) is 47.4 Å². The average Bonchev–Trinajstić information content (AvgIpc) is 2.89. The number of ether oxygens (including phenoxy) is 1. The van der Waals surface area contributed by atoms with Gasteiger partial charge >= 0.3 is 0 Å². The fraction of sp³-hybridized carbons (Fsp3) is 0.296. The van der Waals surface area contributed by atoms with Gasteiger partial charge in [0.1, 0.15) is 12.3 Å². The van der Waals surface area contributed by atoms with E-state index in [1.807, 2.05) is 0 Å². The number of carbonyl (C=O) groups excluding carboxylic acids is 1. The van der Waals surface area contributed by atoms with Crippen LogP contribution in [0.15, 0.2) is 77.7 Å². The smallest absolute Gasteiger partial charge is 0.264 e. The van der Waals surface area contributed by atoms with Gasteiger partial charge in [0.25, 0.3) is 10.0 Å². The molecule has 0 aliphatic carbocycles. The lowest BCUT2D eigenvalue weighted by atomic mass is 10.1. The zero-order valence-electron chi connectivity index (χ0n) is 20.3. The van der Waals surface area contributed by atoms with Gasteiger partial charge in [-0.3, -0.25) is 9.10 Å². The van der Waals surface area contributed by atoms with Crippen molar-refractivity contribution in [2.24, 2.45) is 0 Å². The lowest BCUT2D eigenvalue weighted by Gasteiger charge is -2.38. The molecule has 0 atom stereocenters. The molecule has 0 bridgehead atoms. The second-order valence-corrected chi connectivity index (χ2v) is 10.5. The van der Waals surface area contributed by atoms with Crippen molar-refractivity contribution in [2.75, 3.05) is 49.0 Å².